The minimum atomic E-state index is -0.108. The van der Waals surface area contributed by atoms with Gasteiger partial charge >= 0.3 is 0 Å². The van der Waals surface area contributed by atoms with Crippen LogP contribution in [-0.2, 0) is 0 Å². The zero-order valence-electron chi connectivity index (χ0n) is 13.2. The molecule has 2 rings (SSSR count). The molecule has 0 amide bonds. The second-order valence-corrected chi connectivity index (χ2v) is 7.37. The minimum absolute atomic E-state index is 0.108. The lowest BCUT2D eigenvalue weighted by atomic mass is 9.73. The largest absolute Gasteiger partial charge is 0.391 e. The first-order chi connectivity index (χ1) is 8.93. The summed E-state index contributed by atoms with van der Waals surface area (Å²) in [5.74, 6) is 0. The highest BCUT2D eigenvalue weighted by molar-refractivity contribution is 4.92. The molecule has 0 aromatic heterocycles. The summed E-state index contributed by atoms with van der Waals surface area (Å²) in [5.41, 5.74) is 0.401. The number of aliphatic hydroxyl groups excluding tert-OH is 1. The van der Waals surface area contributed by atoms with Gasteiger partial charge in [-0.3, -0.25) is 9.80 Å². The van der Waals surface area contributed by atoms with E-state index in [9.17, 15) is 5.11 Å². The van der Waals surface area contributed by atoms with Gasteiger partial charge in [-0.25, -0.2) is 0 Å². The van der Waals surface area contributed by atoms with E-state index in [-0.39, 0.29) is 6.10 Å². The molecule has 0 spiro atoms. The van der Waals surface area contributed by atoms with Crippen LogP contribution in [-0.4, -0.2) is 59.3 Å². The van der Waals surface area contributed by atoms with Crippen LogP contribution in [0.2, 0.25) is 0 Å². The van der Waals surface area contributed by atoms with Gasteiger partial charge in [0.25, 0.3) is 0 Å². The molecule has 1 saturated heterocycles. The minimum Gasteiger partial charge on any atom is -0.391 e. The lowest BCUT2D eigenvalue weighted by Gasteiger charge is -2.47. The summed E-state index contributed by atoms with van der Waals surface area (Å²) in [6, 6.07) is 1.10. The Morgan fingerprint density at radius 2 is 1.84 bits per heavy atom. The van der Waals surface area contributed by atoms with E-state index in [1.54, 1.807) is 0 Å². The Hall–Kier alpha value is -0.120. The van der Waals surface area contributed by atoms with Crippen LogP contribution in [0.5, 0.6) is 0 Å². The van der Waals surface area contributed by atoms with E-state index in [0.29, 0.717) is 17.5 Å². The fraction of sp³-hybridized carbons (Fsp3) is 1.00. The van der Waals surface area contributed by atoms with Gasteiger partial charge in [-0.05, 0) is 38.0 Å². The molecule has 1 N–H and O–H groups in total. The summed E-state index contributed by atoms with van der Waals surface area (Å²) in [5, 5.41) is 10.3. The van der Waals surface area contributed by atoms with Gasteiger partial charge in [0.2, 0.25) is 0 Å². The average molecular weight is 268 g/mol. The quantitative estimate of drug-likeness (QED) is 0.851. The highest BCUT2D eigenvalue weighted by Gasteiger charge is 2.38. The Kier molecular flexibility index (Phi) is 4.91. The number of hydrogen-bond donors (Lipinski definition) is 1. The van der Waals surface area contributed by atoms with Crippen LogP contribution in [0, 0.1) is 5.41 Å². The van der Waals surface area contributed by atoms with E-state index in [1.165, 1.54) is 19.5 Å². The van der Waals surface area contributed by atoms with Gasteiger partial charge in [-0.1, -0.05) is 20.8 Å². The number of hydrogen-bond acceptors (Lipinski definition) is 3. The molecule has 0 radical (unpaired) electrons. The lowest BCUT2D eigenvalue weighted by molar-refractivity contribution is -0.0377. The summed E-state index contributed by atoms with van der Waals surface area (Å²) >= 11 is 0. The molecule has 2 fully saturated rings. The number of piperazine rings is 1. The van der Waals surface area contributed by atoms with E-state index in [0.717, 1.165) is 32.4 Å². The molecule has 1 aliphatic carbocycles. The van der Waals surface area contributed by atoms with Gasteiger partial charge in [-0.15, -0.1) is 0 Å². The van der Waals surface area contributed by atoms with Crippen molar-refractivity contribution in [2.75, 3.05) is 26.2 Å². The van der Waals surface area contributed by atoms with Gasteiger partial charge in [0.05, 0.1) is 6.10 Å². The predicted molar refractivity (Wildman–Crippen MR) is 80.3 cm³/mol. The van der Waals surface area contributed by atoms with Crippen molar-refractivity contribution in [3.63, 3.8) is 0 Å². The molecule has 19 heavy (non-hydrogen) atoms. The zero-order chi connectivity index (χ0) is 14.0. The number of nitrogens with zero attached hydrogens (tertiary/aromatic N) is 2. The van der Waals surface area contributed by atoms with Crippen molar-refractivity contribution >= 4 is 0 Å². The van der Waals surface area contributed by atoms with Crippen LogP contribution >= 0.6 is 0 Å². The van der Waals surface area contributed by atoms with E-state index < -0.39 is 0 Å². The molecule has 3 atom stereocenters. The molecule has 1 heterocycles. The first kappa shape index (κ1) is 15.3. The molecule has 2 aliphatic rings. The van der Waals surface area contributed by atoms with Gasteiger partial charge in [0.15, 0.2) is 0 Å². The molecule has 1 saturated carbocycles. The molecular weight excluding hydrogens is 236 g/mol. The zero-order valence-corrected chi connectivity index (χ0v) is 13.2. The van der Waals surface area contributed by atoms with Crippen molar-refractivity contribution in [3.8, 4) is 0 Å². The summed E-state index contributed by atoms with van der Waals surface area (Å²) < 4.78 is 0. The molecule has 3 unspecified atom stereocenters. The van der Waals surface area contributed by atoms with Crippen molar-refractivity contribution in [1.29, 1.82) is 0 Å². The molecule has 0 aromatic carbocycles. The Bertz CT molecular complexity index is 284. The van der Waals surface area contributed by atoms with E-state index in [4.69, 9.17) is 0 Å². The summed E-state index contributed by atoms with van der Waals surface area (Å²) in [7, 11) is 0. The second kappa shape index (κ2) is 6.11. The molecule has 0 aromatic rings. The van der Waals surface area contributed by atoms with Gasteiger partial charge < -0.3 is 5.11 Å². The predicted octanol–water partition coefficient (Wildman–Crippen LogP) is 2.34. The maximum absolute atomic E-state index is 10.3. The maximum Gasteiger partial charge on any atom is 0.0695 e. The van der Waals surface area contributed by atoms with Crippen molar-refractivity contribution in [1.82, 2.24) is 9.80 Å². The Labute approximate surface area is 119 Å². The normalized spacial score (nSPS) is 35.2. The van der Waals surface area contributed by atoms with Crippen molar-refractivity contribution < 1.29 is 5.11 Å². The third-order valence-corrected chi connectivity index (χ3v) is 5.35. The van der Waals surface area contributed by atoms with Crippen LogP contribution in [0.3, 0.4) is 0 Å². The number of rotatable bonds is 3. The molecule has 3 heteroatoms. The topological polar surface area (TPSA) is 26.7 Å². The smallest absolute Gasteiger partial charge is 0.0695 e. The van der Waals surface area contributed by atoms with Crippen molar-refractivity contribution in [2.24, 2.45) is 5.41 Å². The SMILES string of the molecule is CCC(C)N1CCN(C2CC(C)(C)CCC2O)CC1. The van der Waals surface area contributed by atoms with Crippen LogP contribution in [0.15, 0.2) is 0 Å². The molecule has 1 aliphatic heterocycles. The fourth-order valence-corrected chi connectivity index (χ4v) is 3.68. The molecular formula is C16H32N2O. The Balaban J connectivity index is 1.89. The third kappa shape index (κ3) is 3.71. The standard InChI is InChI=1S/C16H32N2O/c1-5-13(2)17-8-10-18(11-9-17)14-12-16(3,4)7-6-15(14)19/h13-15,19H,5-12H2,1-4H3. The molecule has 3 nitrogen and oxygen atoms in total. The van der Waals surface area contributed by atoms with E-state index in [1.807, 2.05) is 0 Å². The van der Waals surface area contributed by atoms with E-state index in [2.05, 4.69) is 37.5 Å². The lowest BCUT2D eigenvalue weighted by Crippen LogP contribution is -2.57. The summed E-state index contributed by atoms with van der Waals surface area (Å²) in [4.78, 5) is 5.14. The van der Waals surface area contributed by atoms with Crippen LogP contribution in [0.4, 0.5) is 0 Å². The van der Waals surface area contributed by atoms with Gasteiger partial charge in [0.1, 0.15) is 0 Å². The van der Waals surface area contributed by atoms with Gasteiger partial charge in [0, 0.05) is 38.3 Å². The number of aliphatic hydroxyl groups is 1. The first-order valence-electron chi connectivity index (χ1n) is 8.09. The van der Waals surface area contributed by atoms with Crippen LogP contribution in [0.25, 0.3) is 0 Å². The highest BCUT2D eigenvalue weighted by atomic mass is 16.3. The first-order valence-corrected chi connectivity index (χ1v) is 8.09. The second-order valence-electron chi connectivity index (χ2n) is 7.37. The summed E-state index contributed by atoms with van der Waals surface area (Å²) in [6.07, 6.45) is 4.42. The molecule has 112 valence electrons. The third-order valence-electron chi connectivity index (χ3n) is 5.35. The Morgan fingerprint density at radius 1 is 1.21 bits per heavy atom. The van der Waals surface area contributed by atoms with Crippen LogP contribution < -0.4 is 0 Å². The van der Waals surface area contributed by atoms with Crippen LogP contribution in [0.1, 0.15) is 53.4 Å². The highest BCUT2D eigenvalue weighted by Crippen LogP contribution is 2.37. The maximum atomic E-state index is 10.3. The average Bonchev–Trinajstić information content (AvgIpc) is 2.41. The van der Waals surface area contributed by atoms with E-state index >= 15 is 0 Å². The van der Waals surface area contributed by atoms with Gasteiger partial charge in [-0.2, -0.15) is 0 Å². The molecule has 0 bridgehead atoms. The summed E-state index contributed by atoms with van der Waals surface area (Å²) in [6.45, 7) is 13.9. The van der Waals surface area contributed by atoms with Crippen molar-refractivity contribution in [2.45, 2.75) is 71.6 Å². The monoisotopic (exact) mass is 268 g/mol. The Morgan fingerprint density at radius 3 is 2.42 bits per heavy atom. The fourth-order valence-electron chi connectivity index (χ4n) is 3.68. The van der Waals surface area contributed by atoms with Crippen molar-refractivity contribution in [3.05, 3.63) is 0 Å².